The van der Waals surface area contributed by atoms with Gasteiger partial charge in [0.15, 0.2) is 0 Å². The van der Waals surface area contributed by atoms with Gasteiger partial charge >= 0.3 is 12.1 Å². The molecule has 1 aliphatic rings. The van der Waals surface area contributed by atoms with Crippen molar-refractivity contribution < 1.29 is 18.0 Å². The molecule has 0 N–H and O–H groups in total. The van der Waals surface area contributed by atoms with Gasteiger partial charge in [0.25, 0.3) is 0 Å². The molecule has 1 saturated heterocycles. The molecule has 3 nitrogen and oxygen atoms in total. The van der Waals surface area contributed by atoms with Crippen LogP contribution < -0.4 is 0 Å². The highest BCUT2D eigenvalue weighted by molar-refractivity contribution is 7.66. The molecule has 82 valence electrons. The van der Waals surface area contributed by atoms with Crippen molar-refractivity contribution in [3.63, 3.8) is 0 Å². The Hall–Kier alpha value is -0.0600. The molecule has 14 heavy (non-hydrogen) atoms. The molecule has 0 radical (unpaired) electrons. The van der Waals surface area contributed by atoms with Crippen molar-refractivity contribution in [1.82, 2.24) is 9.57 Å². The average Bonchev–Trinajstić information content (AvgIpc) is 2.15. The molecule has 0 spiro atoms. The number of alkyl halides is 3. The zero-order chi connectivity index (χ0) is 10.8. The van der Waals surface area contributed by atoms with Gasteiger partial charge in [-0.1, -0.05) is 11.2 Å². The second-order valence-corrected chi connectivity index (χ2v) is 4.17. The number of hydrogen-bond donors (Lipinski definition) is 0. The van der Waals surface area contributed by atoms with Gasteiger partial charge in [-0.05, 0) is 0 Å². The fourth-order valence-corrected chi connectivity index (χ4v) is 2.05. The Kier molecular flexibility index (Phi) is 3.98. The van der Waals surface area contributed by atoms with E-state index in [1.54, 1.807) is 0 Å². The summed E-state index contributed by atoms with van der Waals surface area (Å²) >= 11 is 5.53. The molecule has 1 fully saturated rings. The van der Waals surface area contributed by atoms with Crippen molar-refractivity contribution >= 4 is 25.2 Å². The van der Waals surface area contributed by atoms with Crippen LogP contribution in [0.15, 0.2) is 0 Å². The molecule has 0 bridgehead atoms. The largest absolute Gasteiger partial charge is 0.471 e. The van der Waals surface area contributed by atoms with E-state index in [9.17, 15) is 18.0 Å². The van der Waals surface area contributed by atoms with E-state index < -0.39 is 12.1 Å². The summed E-state index contributed by atoms with van der Waals surface area (Å²) in [6.45, 7) is 1.00. The average molecular weight is 249 g/mol. The fourth-order valence-electron chi connectivity index (χ4n) is 1.17. The third-order valence-electron chi connectivity index (χ3n) is 1.93. The fraction of sp³-hybridized carbons (Fsp3) is 0.833. The smallest absolute Gasteiger partial charge is 0.332 e. The third kappa shape index (κ3) is 2.97. The second-order valence-electron chi connectivity index (χ2n) is 2.86. The summed E-state index contributed by atoms with van der Waals surface area (Å²) in [5.41, 5.74) is 0. The lowest BCUT2D eigenvalue weighted by molar-refractivity contribution is -0.186. The molecule has 1 heterocycles. The van der Waals surface area contributed by atoms with E-state index in [0.717, 1.165) is 4.90 Å². The summed E-state index contributed by atoms with van der Waals surface area (Å²) < 4.78 is 37.8. The molecule has 0 aromatic rings. The van der Waals surface area contributed by atoms with E-state index in [4.69, 9.17) is 11.2 Å². The molecule has 1 atom stereocenters. The number of halogens is 4. The number of piperazine rings is 1. The number of hydrogen-bond acceptors (Lipinski definition) is 2. The van der Waals surface area contributed by atoms with Crippen LogP contribution in [0.5, 0.6) is 0 Å². The predicted molar refractivity (Wildman–Crippen MR) is 48.4 cm³/mol. The first kappa shape index (κ1) is 12.0. The van der Waals surface area contributed by atoms with Crippen molar-refractivity contribution in [3.05, 3.63) is 0 Å². The lowest BCUT2D eigenvalue weighted by atomic mass is 10.3. The Balaban J connectivity index is 2.46. The number of rotatable bonds is 1. The van der Waals surface area contributed by atoms with Gasteiger partial charge < -0.3 is 4.90 Å². The quantitative estimate of drug-likeness (QED) is 0.656. The molecule has 0 aromatic heterocycles. The van der Waals surface area contributed by atoms with Crippen molar-refractivity contribution in [2.75, 3.05) is 26.2 Å². The molecule has 1 amide bonds. The summed E-state index contributed by atoms with van der Waals surface area (Å²) in [4.78, 5) is 11.6. The molecule has 0 aliphatic carbocycles. The first-order valence-electron chi connectivity index (χ1n) is 3.92. The van der Waals surface area contributed by atoms with Gasteiger partial charge in [-0.15, -0.1) is 0 Å². The normalized spacial score (nSPS) is 20.7. The van der Waals surface area contributed by atoms with Gasteiger partial charge in [0.1, 0.15) is 0 Å². The minimum atomic E-state index is -4.76. The maximum atomic E-state index is 12.0. The molecule has 0 saturated carbocycles. The highest BCUT2D eigenvalue weighted by atomic mass is 35.7. The monoisotopic (exact) mass is 248 g/mol. The van der Waals surface area contributed by atoms with Crippen LogP contribution in [0.25, 0.3) is 0 Å². The molecule has 1 aliphatic heterocycles. The molecule has 0 aromatic carbocycles. The number of amides is 1. The molecule has 8 heteroatoms. The van der Waals surface area contributed by atoms with Crippen LogP contribution >= 0.6 is 19.3 Å². The Labute approximate surface area is 85.8 Å². The van der Waals surface area contributed by atoms with Gasteiger partial charge in [0, 0.05) is 34.3 Å². The van der Waals surface area contributed by atoms with E-state index in [2.05, 4.69) is 0 Å². The van der Waals surface area contributed by atoms with Crippen LogP contribution in [-0.4, -0.2) is 47.8 Å². The lowest BCUT2D eigenvalue weighted by Crippen LogP contribution is -2.50. The van der Waals surface area contributed by atoms with Gasteiger partial charge in [-0.2, -0.15) is 13.2 Å². The topological polar surface area (TPSA) is 23.6 Å². The number of carbonyl (C=O) groups excluding carboxylic acids is 1. The molecule has 1 rings (SSSR count). The molecule has 1 unspecified atom stereocenters. The predicted octanol–water partition coefficient (Wildman–Crippen LogP) is 1.44. The van der Waals surface area contributed by atoms with Gasteiger partial charge in [-0.3, -0.25) is 9.46 Å². The lowest BCUT2D eigenvalue weighted by Gasteiger charge is -2.33. The zero-order valence-corrected chi connectivity index (χ0v) is 8.90. The summed E-state index contributed by atoms with van der Waals surface area (Å²) in [5, 5.41) is 0. The van der Waals surface area contributed by atoms with E-state index >= 15 is 0 Å². The SMILES string of the molecule is O=C(N1CCN(PCl)CC1)C(F)(F)F. The van der Waals surface area contributed by atoms with E-state index in [0.29, 0.717) is 13.1 Å². The number of carbonyl (C=O) groups is 1. The van der Waals surface area contributed by atoms with Crippen molar-refractivity contribution in [2.24, 2.45) is 0 Å². The van der Waals surface area contributed by atoms with E-state index in [-0.39, 0.29) is 21.2 Å². The van der Waals surface area contributed by atoms with E-state index in [1.165, 1.54) is 0 Å². The maximum Gasteiger partial charge on any atom is 0.471 e. The summed E-state index contributed by atoms with van der Waals surface area (Å²) in [5.74, 6) is -1.75. The Morgan fingerprint density at radius 2 is 1.71 bits per heavy atom. The minimum absolute atomic E-state index is 0.0632. The third-order valence-corrected chi connectivity index (χ3v) is 3.33. The van der Waals surface area contributed by atoms with Crippen LogP contribution in [0.3, 0.4) is 0 Å². The first-order chi connectivity index (χ1) is 6.45. The van der Waals surface area contributed by atoms with Crippen molar-refractivity contribution in [3.8, 4) is 0 Å². The standard InChI is InChI=1S/C6H9ClF3N2OP/c7-14-12-3-1-11(2-4-12)5(13)6(8,9)10/h14H,1-4H2. The van der Waals surface area contributed by atoms with Crippen LogP contribution in [0.4, 0.5) is 13.2 Å². The second kappa shape index (κ2) is 4.64. The molecular weight excluding hydrogens is 239 g/mol. The Morgan fingerprint density at radius 1 is 1.21 bits per heavy atom. The van der Waals surface area contributed by atoms with Crippen LogP contribution in [0, 0.1) is 0 Å². The zero-order valence-electron chi connectivity index (χ0n) is 7.14. The van der Waals surface area contributed by atoms with Crippen LogP contribution in [0.2, 0.25) is 0 Å². The Morgan fingerprint density at radius 3 is 2.07 bits per heavy atom. The summed E-state index contributed by atoms with van der Waals surface area (Å²) in [6, 6.07) is 0. The Bertz CT molecular complexity index is 218. The van der Waals surface area contributed by atoms with Gasteiger partial charge in [-0.25, -0.2) is 0 Å². The van der Waals surface area contributed by atoms with Gasteiger partial charge in [0.05, 0.1) is 0 Å². The maximum absolute atomic E-state index is 12.0. The van der Waals surface area contributed by atoms with Crippen molar-refractivity contribution in [1.29, 1.82) is 0 Å². The summed E-state index contributed by atoms with van der Waals surface area (Å²) in [6.07, 6.45) is -4.76. The van der Waals surface area contributed by atoms with Gasteiger partial charge in [0.2, 0.25) is 0 Å². The van der Waals surface area contributed by atoms with Crippen molar-refractivity contribution in [2.45, 2.75) is 6.18 Å². The molecular formula is C6H9ClF3N2OP. The highest BCUT2D eigenvalue weighted by Crippen LogP contribution is 2.26. The highest BCUT2D eigenvalue weighted by Gasteiger charge is 2.43. The number of nitrogens with zero attached hydrogens (tertiary/aromatic N) is 2. The van der Waals surface area contributed by atoms with Crippen LogP contribution in [0.1, 0.15) is 0 Å². The van der Waals surface area contributed by atoms with E-state index in [1.807, 2.05) is 4.67 Å². The first-order valence-corrected chi connectivity index (χ1v) is 5.88. The van der Waals surface area contributed by atoms with Crippen LogP contribution in [-0.2, 0) is 4.79 Å². The summed E-state index contributed by atoms with van der Waals surface area (Å²) in [7, 11) is 0.0632. The minimum Gasteiger partial charge on any atom is -0.332 e.